The van der Waals surface area contributed by atoms with E-state index in [1.807, 2.05) is 0 Å². The maximum atomic E-state index is 13.0. The van der Waals surface area contributed by atoms with Crippen LogP contribution in [0.2, 0.25) is 0 Å². The second kappa shape index (κ2) is 9.90. The van der Waals surface area contributed by atoms with Crippen molar-refractivity contribution in [3.63, 3.8) is 0 Å². The number of carbonyl (C=O) groups excluding carboxylic acids is 3. The van der Waals surface area contributed by atoms with Crippen molar-refractivity contribution in [1.82, 2.24) is 4.31 Å². The van der Waals surface area contributed by atoms with Gasteiger partial charge in [0, 0.05) is 13.1 Å². The predicted molar refractivity (Wildman–Crippen MR) is 115 cm³/mol. The molecule has 0 aliphatic carbocycles. The Kier molecular flexibility index (Phi) is 7.23. The smallest absolute Gasteiger partial charge is 0.338 e. The summed E-state index contributed by atoms with van der Waals surface area (Å²) in [5.41, 5.74) is 6.05. The average Bonchev–Trinajstić information content (AvgIpc) is 2.78. The fourth-order valence-electron chi connectivity index (χ4n) is 3.14. The molecular formula is C21H23N3O7S. The lowest BCUT2D eigenvalue weighted by Crippen LogP contribution is -2.40. The van der Waals surface area contributed by atoms with Gasteiger partial charge in [0.1, 0.15) is 0 Å². The van der Waals surface area contributed by atoms with Gasteiger partial charge in [0.05, 0.1) is 34.9 Å². The second-order valence-corrected chi connectivity index (χ2v) is 8.94. The summed E-state index contributed by atoms with van der Waals surface area (Å²) in [7, 11) is -3.81. The molecule has 2 aromatic carbocycles. The third-order valence-electron chi connectivity index (χ3n) is 4.81. The standard InChI is InChI=1S/C21H23N3O7S/c1-14-6-7-15(12-18(14)32(28,29)24-8-10-30-11-9-24)21(27)31-13-19(25)23-17-5-3-2-4-16(17)20(22)26/h2-7,12H,8-11,13H2,1H3,(H2,22,26)(H,23,25). The van der Waals surface area contributed by atoms with Crippen molar-refractivity contribution in [1.29, 1.82) is 0 Å². The summed E-state index contributed by atoms with van der Waals surface area (Å²) in [6.07, 6.45) is 0. The number of hydrogen-bond acceptors (Lipinski definition) is 7. The van der Waals surface area contributed by atoms with Crippen LogP contribution in [0.15, 0.2) is 47.4 Å². The Labute approximate surface area is 185 Å². The number of amides is 2. The fraction of sp³-hybridized carbons (Fsp3) is 0.286. The maximum absolute atomic E-state index is 13.0. The number of sulfonamides is 1. The molecule has 32 heavy (non-hydrogen) atoms. The van der Waals surface area contributed by atoms with Gasteiger partial charge in [0.25, 0.3) is 11.8 Å². The summed E-state index contributed by atoms with van der Waals surface area (Å²) >= 11 is 0. The van der Waals surface area contributed by atoms with E-state index in [1.54, 1.807) is 19.1 Å². The molecule has 1 fully saturated rings. The zero-order valence-electron chi connectivity index (χ0n) is 17.4. The van der Waals surface area contributed by atoms with Crippen LogP contribution in [-0.4, -0.2) is 63.4 Å². The molecule has 1 heterocycles. The Morgan fingerprint density at radius 1 is 1.12 bits per heavy atom. The summed E-state index contributed by atoms with van der Waals surface area (Å²) in [4.78, 5) is 36.0. The molecule has 0 radical (unpaired) electrons. The molecule has 0 aromatic heterocycles. The van der Waals surface area contributed by atoms with E-state index in [9.17, 15) is 22.8 Å². The summed E-state index contributed by atoms with van der Waals surface area (Å²) in [5.74, 6) is -2.26. The summed E-state index contributed by atoms with van der Waals surface area (Å²) in [5, 5.41) is 2.46. The molecule has 10 nitrogen and oxygen atoms in total. The van der Waals surface area contributed by atoms with Crippen LogP contribution in [-0.2, 0) is 24.3 Å². The number of primary amides is 1. The Morgan fingerprint density at radius 3 is 2.50 bits per heavy atom. The van der Waals surface area contributed by atoms with Crippen molar-refractivity contribution in [3.05, 3.63) is 59.2 Å². The number of ether oxygens (including phenoxy) is 2. The molecule has 2 amide bonds. The monoisotopic (exact) mass is 461 g/mol. The molecule has 1 saturated heterocycles. The summed E-state index contributed by atoms with van der Waals surface area (Å²) in [6, 6.07) is 10.3. The first kappa shape index (κ1) is 23.4. The van der Waals surface area contributed by atoms with Gasteiger partial charge >= 0.3 is 5.97 Å². The SMILES string of the molecule is Cc1ccc(C(=O)OCC(=O)Nc2ccccc2C(N)=O)cc1S(=O)(=O)N1CCOCC1. The van der Waals surface area contributed by atoms with Crippen molar-refractivity contribution in [2.45, 2.75) is 11.8 Å². The number of nitrogens with one attached hydrogen (secondary N) is 1. The largest absolute Gasteiger partial charge is 0.452 e. The van der Waals surface area contributed by atoms with Crippen molar-refractivity contribution < 1.29 is 32.3 Å². The second-order valence-electron chi connectivity index (χ2n) is 7.03. The Bertz CT molecular complexity index is 1140. The maximum Gasteiger partial charge on any atom is 0.338 e. The van der Waals surface area contributed by atoms with Crippen molar-refractivity contribution >= 4 is 33.5 Å². The number of esters is 1. The molecule has 0 spiro atoms. The van der Waals surface area contributed by atoms with E-state index in [1.165, 1.54) is 34.6 Å². The highest BCUT2D eigenvalue weighted by atomic mass is 32.2. The first-order valence-corrected chi connectivity index (χ1v) is 11.2. The first-order valence-electron chi connectivity index (χ1n) is 9.74. The summed E-state index contributed by atoms with van der Waals surface area (Å²) in [6.45, 7) is 2.05. The minimum Gasteiger partial charge on any atom is -0.452 e. The fourth-order valence-corrected chi connectivity index (χ4v) is 4.80. The zero-order chi connectivity index (χ0) is 23.3. The molecule has 0 bridgehead atoms. The topological polar surface area (TPSA) is 145 Å². The lowest BCUT2D eigenvalue weighted by Gasteiger charge is -2.26. The highest BCUT2D eigenvalue weighted by Gasteiger charge is 2.28. The van der Waals surface area contributed by atoms with E-state index in [2.05, 4.69) is 5.32 Å². The molecule has 11 heteroatoms. The van der Waals surface area contributed by atoms with Crippen LogP contribution < -0.4 is 11.1 Å². The van der Waals surface area contributed by atoms with E-state index in [0.29, 0.717) is 18.8 Å². The van der Waals surface area contributed by atoms with E-state index in [4.69, 9.17) is 15.2 Å². The van der Waals surface area contributed by atoms with Crippen LogP contribution in [0.5, 0.6) is 0 Å². The summed E-state index contributed by atoms with van der Waals surface area (Å²) < 4.78 is 37.4. The van der Waals surface area contributed by atoms with Gasteiger partial charge in [-0.15, -0.1) is 0 Å². The minimum absolute atomic E-state index is 0.00585. The molecule has 170 valence electrons. The quantitative estimate of drug-likeness (QED) is 0.583. The molecule has 2 aromatic rings. The van der Waals surface area contributed by atoms with Gasteiger partial charge in [-0.1, -0.05) is 18.2 Å². The average molecular weight is 461 g/mol. The normalized spacial score (nSPS) is 14.5. The van der Waals surface area contributed by atoms with Gasteiger partial charge in [0.2, 0.25) is 10.0 Å². The van der Waals surface area contributed by atoms with Crippen molar-refractivity contribution in [2.75, 3.05) is 38.2 Å². The Hall–Kier alpha value is -3.28. The van der Waals surface area contributed by atoms with E-state index in [0.717, 1.165) is 0 Å². The highest BCUT2D eigenvalue weighted by molar-refractivity contribution is 7.89. The number of nitrogens with zero attached hydrogens (tertiary/aromatic N) is 1. The Morgan fingerprint density at radius 2 is 1.81 bits per heavy atom. The third-order valence-corrected chi connectivity index (χ3v) is 6.85. The van der Waals surface area contributed by atoms with Crippen LogP contribution >= 0.6 is 0 Å². The van der Waals surface area contributed by atoms with E-state index >= 15 is 0 Å². The zero-order valence-corrected chi connectivity index (χ0v) is 18.2. The van der Waals surface area contributed by atoms with Gasteiger partial charge in [-0.3, -0.25) is 9.59 Å². The lowest BCUT2D eigenvalue weighted by atomic mass is 10.1. The van der Waals surface area contributed by atoms with Crippen LogP contribution in [0.25, 0.3) is 0 Å². The molecule has 3 rings (SSSR count). The number of carbonyl (C=O) groups is 3. The van der Waals surface area contributed by atoms with Gasteiger partial charge in [-0.25, -0.2) is 13.2 Å². The highest BCUT2D eigenvalue weighted by Crippen LogP contribution is 2.23. The van der Waals surface area contributed by atoms with Gasteiger partial charge in [0.15, 0.2) is 6.61 Å². The number of para-hydroxylation sites is 1. The lowest BCUT2D eigenvalue weighted by molar-refractivity contribution is -0.119. The number of anilines is 1. The molecule has 0 saturated carbocycles. The molecule has 0 atom stereocenters. The number of aryl methyl sites for hydroxylation is 1. The van der Waals surface area contributed by atoms with Crippen LogP contribution in [0.1, 0.15) is 26.3 Å². The van der Waals surface area contributed by atoms with Crippen LogP contribution in [0.4, 0.5) is 5.69 Å². The van der Waals surface area contributed by atoms with Gasteiger partial charge < -0.3 is 20.5 Å². The third kappa shape index (κ3) is 5.31. The first-order chi connectivity index (χ1) is 15.2. The number of morpholine rings is 1. The van der Waals surface area contributed by atoms with Crippen LogP contribution in [0.3, 0.4) is 0 Å². The number of benzene rings is 2. The molecule has 0 unspecified atom stereocenters. The Balaban J connectivity index is 1.69. The molecule has 1 aliphatic rings. The van der Waals surface area contributed by atoms with Crippen LogP contribution in [0, 0.1) is 6.92 Å². The van der Waals surface area contributed by atoms with Crippen molar-refractivity contribution in [3.8, 4) is 0 Å². The predicted octanol–water partition coefficient (Wildman–Crippen LogP) is 0.910. The minimum atomic E-state index is -3.81. The van der Waals surface area contributed by atoms with E-state index in [-0.39, 0.29) is 34.8 Å². The van der Waals surface area contributed by atoms with E-state index < -0.39 is 34.4 Å². The number of hydrogen-bond donors (Lipinski definition) is 2. The molecule has 1 aliphatic heterocycles. The van der Waals surface area contributed by atoms with Gasteiger partial charge in [-0.2, -0.15) is 4.31 Å². The molecular weight excluding hydrogens is 438 g/mol. The van der Waals surface area contributed by atoms with Gasteiger partial charge in [-0.05, 0) is 36.8 Å². The molecule has 3 N–H and O–H groups in total. The number of nitrogens with two attached hydrogens (primary N) is 1. The number of rotatable bonds is 7. The van der Waals surface area contributed by atoms with Crippen molar-refractivity contribution in [2.24, 2.45) is 5.73 Å².